The molecule has 0 saturated carbocycles. The number of aromatic hydroxyl groups is 1. The molecular weight excluding hydrogens is 588 g/mol. The number of amides is 1. The van der Waals surface area contributed by atoms with Crippen LogP contribution in [0.2, 0.25) is 10.0 Å². The first-order valence-electron chi connectivity index (χ1n) is 12.5. The van der Waals surface area contributed by atoms with Crippen molar-refractivity contribution in [3.63, 3.8) is 0 Å². The molecule has 0 atom stereocenters. The number of rotatable bonds is 10. The number of hydrogen-bond acceptors (Lipinski definition) is 5. The minimum absolute atomic E-state index is 0.0390. The van der Waals surface area contributed by atoms with Gasteiger partial charge in [-0.2, -0.15) is 4.31 Å². The third-order valence-electron chi connectivity index (χ3n) is 6.36. The summed E-state index contributed by atoms with van der Waals surface area (Å²) in [7, 11) is -0.413. The summed E-state index contributed by atoms with van der Waals surface area (Å²) in [5.41, 5.74) is 3.52. The molecule has 0 heterocycles. The van der Waals surface area contributed by atoms with Crippen molar-refractivity contribution >= 4 is 44.8 Å². The maximum absolute atomic E-state index is 13.7. The maximum atomic E-state index is 13.7. The van der Waals surface area contributed by atoms with Crippen LogP contribution in [0.4, 0.5) is 10.1 Å². The number of carbonyl (C=O) groups excluding carboxylic acids is 1. The van der Waals surface area contributed by atoms with Crippen molar-refractivity contribution in [2.24, 2.45) is 0 Å². The van der Waals surface area contributed by atoms with Gasteiger partial charge in [-0.05, 0) is 65.2 Å². The molecule has 0 fully saturated rings. The zero-order chi connectivity index (χ0) is 29.7. The fraction of sp³-hybridized carbons (Fsp3) is 0.167. The second kappa shape index (κ2) is 12.9. The number of phenolic OH excluding ortho intramolecular Hbond substituents is 1. The van der Waals surface area contributed by atoms with E-state index in [2.05, 4.69) is 5.32 Å². The van der Waals surface area contributed by atoms with E-state index in [9.17, 15) is 22.7 Å². The topological polar surface area (TPSA) is 90.0 Å². The van der Waals surface area contributed by atoms with Crippen molar-refractivity contribution in [3.05, 3.63) is 123 Å². The Labute approximate surface area is 248 Å². The summed E-state index contributed by atoms with van der Waals surface area (Å²) < 4.78 is 42.0. The number of sulfonamides is 1. The Morgan fingerprint density at radius 2 is 1.39 bits per heavy atom. The molecule has 0 radical (unpaired) electrons. The summed E-state index contributed by atoms with van der Waals surface area (Å²) in [4.78, 5) is 14.3. The van der Waals surface area contributed by atoms with Gasteiger partial charge in [0.05, 0.1) is 5.02 Å². The number of carbonyl (C=O) groups is 1. The summed E-state index contributed by atoms with van der Waals surface area (Å²) >= 11 is 12.0. The van der Waals surface area contributed by atoms with Crippen LogP contribution in [0.15, 0.2) is 89.8 Å². The summed E-state index contributed by atoms with van der Waals surface area (Å²) in [5, 5.41) is 13.2. The van der Waals surface area contributed by atoms with Crippen LogP contribution in [-0.4, -0.2) is 37.8 Å². The molecule has 2 N–H and O–H groups in total. The third kappa shape index (κ3) is 7.56. The quantitative estimate of drug-likeness (QED) is 0.221. The van der Waals surface area contributed by atoms with E-state index in [4.69, 9.17) is 23.2 Å². The van der Waals surface area contributed by atoms with Gasteiger partial charge < -0.3 is 15.3 Å². The fourth-order valence-corrected chi connectivity index (χ4v) is 6.22. The molecule has 41 heavy (non-hydrogen) atoms. The largest absolute Gasteiger partial charge is 0.505 e. The number of nitrogens with one attached hydrogen (secondary N) is 1. The van der Waals surface area contributed by atoms with Crippen LogP contribution in [0.5, 0.6) is 5.75 Å². The normalized spacial score (nSPS) is 11.5. The van der Waals surface area contributed by atoms with Crippen LogP contribution in [0.25, 0.3) is 0 Å². The Kier molecular flexibility index (Phi) is 9.55. The van der Waals surface area contributed by atoms with E-state index in [0.29, 0.717) is 23.2 Å². The molecular formula is C30H28Cl2FN3O4S. The minimum Gasteiger partial charge on any atom is -0.505 e. The first kappa shape index (κ1) is 30.3. The van der Waals surface area contributed by atoms with E-state index in [-0.39, 0.29) is 29.0 Å². The molecule has 7 nitrogen and oxygen atoms in total. The first-order chi connectivity index (χ1) is 19.4. The van der Waals surface area contributed by atoms with Crippen molar-refractivity contribution < 1.29 is 22.7 Å². The van der Waals surface area contributed by atoms with Gasteiger partial charge in [0, 0.05) is 50.0 Å². The van der Waals surface area contributed by atoms with Crippen LogP contribution in [-0.2, 0) is 29.7 Å². The molecule has 4 aromatic carbocycles. The molecule has 0 bridgehead atoms. The molecule has 0 aliphatic rings. The summed E-state index contributed by atoms with van der Waals surface area (Å²) in [6.45, 7) is 0.119. The molecule has 0 aromatic heterocycles. The standard InChI is InChI=1S/C30H28Cl2FN3O4S/c1-35(2)26-13-7-20(8-14-26)17-34-30(38)23-9-3-21(4-10-23)18-36(19-22-5-11-25(33)12-6-22)41(39,40)28-16-24(31)15-27(32)29(28)37/h3-16,37H,17-19H2,1-2H3,(H,34,38). The molecule has 0 saturated heterocycles. The predicted molar refractivity (Wildman–Crippen MR) is 159 cm³/mol. The second-order valence-corrected chi connectivity index (χ2v) is 12.3. The van der Waals surface area contributed by atoms with Gasteiger partial charge in [0.2, 0.25) is 10.0 Å². The molecule has 0 spiro atoms. The van der Waals surface area contributed by atoms with E-state index < -0.39 is 26.5 Å². The Morgan fingerprint density at radius 3 is 1.95 bits per heavy atom. The van der Waals surface area contributed by atoms with Crippen LogP contribution in [0.3, 0.4) is 0 Å². The van der Waals surface area contributed by atoms with E-state index >= 15 is 0 Å². The number of anilines is 1. The highest BCUT2D eigenvalue weighted by Gasteiger charge is 2.29. The summed E-state index contributed by atoms with van der Waals surface area (Å²) in [5.74, 6) is -1.35. The Morgan fingerprint density at radius 1 is 0.854 bits per heavy atom. The third-order valence-corrected chi connectivity index (χ3v) is 8.68. The SMILES string of the molecule is CN(C)c1ccc(CNC(=O)c2ccc(CN(Cc3ccc(F)cc3)S(=O)(=O)c3cc(Cl)cc(Cl)c3O)cc2)cc1. The highest BCUT2D eigenvalue weighted by Crippen LogP contribution is 2.36. The van der Waals surface area contributed by atoms with Crippen LogP contribution >= 0.6 is 23.2 Å². The van der Waals surface area contributed by atoms with E-state index in [1.54, 1.807) is 24.3 Å². The van der Waals surface area contributed by atoms with Gasteiger partial charge in [-0.3, -0.25) is 4.79 Å². The van der Waals surface area contributed by atoms with Gasteiger partial charge in [-0.25, -0.2) is 12.8 Å². The van der Waals surface area contributed by atoms with Crippen LogP contribution in [0.1, 0.15) is 27.0 Å². The predicted octanol–water partition coefficient (Wildman–Crippen LogP) is 6.23. The summed E-state index contributed by atoms with van der Waals surface area (Å²) in [6.07, 6.45) is 0. The number of benzene rings is 4. The van der Waals surface area contributed by atoms with Crippen LogP contribution < -0.4 is 10.2 Å². The fourth-order valence-electron chi connectivity index (χ4n) is 4.06. The molecule has 214 valence electrons. The number of phenols is 1. The van der Waals surface area contributed by atoms with Crippen molar-refractivity contribution in [1.82, 2.24) is 9.62 Å². The molecule has 0 aliphatic carbocycles. The molecule has 0 aliphatic heterocycles. The monoisotopic (exact) mass is 615 g/mol. The smallest absolute Gasteiger partial charge is 0.251 e. The van der Waals surface area contributed by atoms with Gasteiger partial charge in [0.25, 0.3) is 5.91 Å². The molecule has 4 aromatic rings. The molecule has 11 heteroatoms. The zero-order valence-corrected chi connectivity index (χ0v) is 24.6. The molecule has 0 unspecified atom stereocenters. The average Bonchev–Trinajstić information content (AvgIpc) is 2.95. The average molecular weight is 617 g/mol. The highest BCUT2D eigenvalue weighted by molar-refractivity contribution is 7.89. The van der Waals surface area contributed by atoms with Gasteiger partial charge in [0.1, 0.15) is 10.7 Å². The first-order valence-corrected chi connectivity index (χ1v) is 14.7. The van der Waals surface area contributed by atoms with Crippen molar-refractivity contribution in [2.45, 2.75) is 24.5 Å². The van der Waals surface area contributed by atoms with Gasteiger partial charge in [0.15, 0.2) is 5.75 Å². The molecule has 1 amide bonds. The van der Waals surface area contributed by atoms with E-state index in [0.717, 1.165) is 21.6 Å². The lowest BCUT2D eigenvalue weighted by Crippen LogP contribution is -2.30. The van der Waals surface area contributed by atoms with Crippen molar-refractivity contribution in [2.75, 3.05) is 19.0 Å². The van der Waals surface area contributed by atoms with Crippen LogP contribution in [0, 0.1) is 5.82 Å². The zero-order valence-electron chi connectivity index (χ0n) is 22.3. The van der Waals surface area contributed by atoms with Crippen molar-refractivity contribution in [1.29, 1.82) is 0 Å². The molecule has 4 rings (SSSR count). The Hall–Kier alpha value is -3.63. The highest BCUT2D eigenvalue weighted by atomic mass is 35.5. The summed E-state index contributed by atoms with van der Waals surface area (Å²) in [6, 6.07) is 22.1. The van der Waals surface area contributed by atoms with Gasteiger partial charge in [-0.1, -0.05) is 59.6 Å². The lowest BCUT2D eigenvalue weighted by atomic mass is 10.1. The maximum Gasteiger partial charge on any atom is 0.251 e. The van der Waals surface area contributed by atoms with Gasteiger partial charge >= 0.3 is 0 Å². The Bertz CT molecular complexity index is 1630. The van der Waals surface area contributed by atoms with Crippen molar-refractivity contribution in [3.8, 4) is 5.75 Å². The van der Waals surface area contributed by atoms with Gasteiger partial charge in [-0.15, -0.1) is 0 Å². The number of halogens is 3. The minimum atomic E-state index is -4.32. The van der Waals surface area contributed by atoms with E-state index in [1.807, 2.05) is 43.3 Å². The Balaban J connectivity index is 1.53. The second-order valence-electron chi connectivity index (χ2n) is 9.57. The number of nitrogens with zero attached hydrogens (tertiary/aromatic N) is 2. The number of hydrogen-bond donors (Lipinski definition) is 2. The lowest BCUT2D eigenvalue weighted by Gasteiger charge is -2.23. The lowest BCUT2D eigenvalue weighted by molar-refractivity contribution is 0.0951. The van der Waals surface area contributed by atoms with E-state index in [1.165, 1.54) is 30.3 Å².